The SMILES string of the molecule is O=C(O)C=Cc1ccccc1.[N-]=[N+]=C1C=CC=CC1. The van der Waals surface area contributed by atoms with Crippen molar-refractivity contribution in [3.05, 3.63) is 71.8 Å². The summed E-state index contributed by atoms with van der Waals surface area (Å²) in [5, 5.41) is 8.29. The fourth-order valence-corrected chi connectivity index (χ4v) is 1.31. The van der Waals surface area contributed by atoms with Crippen molar-refractivity contribution in [1.82, 2.24) is 0 Å². The summed E-state index contributed by atoms with van der Waals surface area (Å²) >= 11 is 0. The Morgan fingerprint density at radius 3 is 2.47 bits per heavy atom. The lowest BCUT2D eigenvalue weighted by atomic mass is 10.2. The number of rotatable bonds is 2. The number of carboxylic acid groups (broad SMARTS) is 1. The number of allylic oxidation sites excluding steroid dienone is 4. The second-order valence-corrected chi connectivity index (χ2v) is 3.66. The Bertz CT molecular complexity index is 551. The Morgan fingerprint density at radius 2 is 2.00 bits per heavy atom. The van der Waals surface area contributed by atoms with E-state index in [1.807, 2.05) is 48.6 Å². The molecular weight excluding hydrogens is 240 g/mol. The van der Waals surface area contributed by atoms with Crippen LogP contribution < -0.4 is 0 Å². The summed E-state index contributed by atoms with van der Waals surface area (Å²) in [5.74, 6) is -0.922. The minimum absolute atomic E-state index is 0.715. The normalized spacial score (nSPS) is 12.7. The molecule has 0 amide bonds. The summed E-state index contributed by atoms with van der Waals surface area (Å²) in [7, 11) is 0. The van der Waals surface area contributed by atoms with Crippen LogP contribution >= 0.6 is 0 Å². The molecule has 96 valence electrons. The number of carbonyl (C=O) groups is 1. The molecule has 0 aliphatic heterocycles. The second-order valence-electron chi connectivity index (χ2n) is 3.66. The minimum atomic E-state index is -0.922. The fraction of sp³-hybridized carbons (Fsp3) is 0.0667. The maximum Gasteiger partial charge on any atom is 0.328 e. The Hall–Kier alpha value is -2.71. The molecule has 0 fully saturated rings. The van der Waals surface area contributed by atoms with E-state index in [-0.39, 0.29) is 0 Å². The molecule has 0 unspecified atom stereocenters. The molecule has 0 bridgehead atoms. The van der Waals surface area contributed by atoms with Crippen LogP contribution in [0, 0.1) is 0 Å². The van der Waals surface area contributed by atoms with Gasteiger partial charge in [0.1, 0.15) is 0 Å². The van der Waals surface area contributed by atoms with Gasteiger partial charge in [0.15, 0.2) is 0 Å². The molecule has 0 aromatic heterocycles. The molecule has 1 aliphatic rings. The Labute approximate surface area is 111 Å². The van der Waals surface area contributed by atoms with E-state index in [0.29, 0.717) is 5.71 Å². The van der Waals surface area contributed by atoms with E-state index in [4.69, 9.17) is 10.6 Å². The zero-order valence-corrected chi connectivity index (χ0v) is 10.3. The van der Waals surface area contributed by atoms with Crippen LogP contribution in [0.25, 0.3) is 11.6 Å². The molecule has 2 rings (SSSR count). The lowest BCUT2D eigenvalue weighted by Gasteiger charge is -1.87. The summed E-state index contributed by atoms with van der Waals surface area (Å²) < 4.78 is 0. The van der Waals surface area contributed by atoms with Crippen molar-refractivity contribution in [3.8, 4) is 0 Å². The van der Waals surface area contributed by atoms with E-state index in [2.05, 4.69) is 4.79 Å². The standard InChI is InChI=1S/C9H8O2.C6H6N2/c10-9(11)7-6-8-4-2-1-3-5-8;7-8-6-4-2-1-3-5-6/h1-7H,(H,10,11);1-4H,5H2. The average Bonchev–Trinajstić information content (AvgIpc) is 2.48. The van der Waals surface area contributed by atoms with Gasteiger partial charge >= 0.3 is 5.97 Å². The predicted octanol–water partition coefficient (Wildman–Crippen LogP) is 2.96. The maximum absolute atomic E-state index is 10.1. The van der Waals surface area contributed by atoms with Crippen LogP contribution in [0.3, 0.4) is 0 Å². The first-order chi connectivity index (χ1) is 9.22. The molecule has 4 heteroatoms. The van der Waals surface area contributed by atoms with Crippen LogP contribution in [0.2, 0.25) is 0 Å². The highest BCUT2D eigenvalue weighted by atomic mass is 16.4. The monoisotopic (exact) mass is 254 g/mol. The summed E-state index contributed by atoms with van der Waals surface area (Å²) in [6.07, 6.45) is 10.9. The summed E-state index contributed by atoms with van der Waals surface area (Å²) in [5.41, 5.74) is 9.81. The molecule has 0 saturated heterocycles. The number of hydrogen-bond acceptors (Lipinski definition) is 1. The zero-order valence-electron chi connectivity index (χ0n) is 10.3. The van der Waals surface area contributed by atoms with Crippen LogP contribution in [0.4, 0.5) is 0 Å². The lowest BCUT2D eigenvalue weighted by molar-refractivity contribution is -0.131. The molecule has 1 aliphatic carbocycles. The third-order valence-electron chi connectivity index (χ3n) is 2.21. The van der Waals surface area contributed by atoms with Crippen molar-refractivity contribution in [2.75, 3.05) is 0 Å². The van der Waals surface area contributed by atoms with Crippen LogP contribution in [0.5, 0.6) is 0 Å². The van der Waals surface area contributed by atoms with Gasteiger partial charge in [0.25, 0.3) is 5.71 Å². The highest BCUT2D eigenvalue weighted by molar-refractivity contribution is 5.92. The molecule has 1 aromatic carbocycles. The Morgan fingerprint density at radius 1 is 1.26 bits per heavy atom. The summed E-state index contributed by atoms with van der Waals surface area (Å²) in [6.45, 7) is 0. The van der Waals surface area contributed by atoms with Crippen molar-refractivity contribution < 1.29 is 14.7 Å². The van der Waals surface area contributed by atoms with Gasteiger partial charge in [0.05, 0.1) is 6.42 Å². The summed E-state index contributed by atoms with van der Waals surface area (Å²) in [4.78, 5) is 13.1. The smallest absolute Gasteiger partial charge is 0.328 e. The number of hydrogen-bond donors (Lipinski definition) is 1. The molecule has 0 radical (unpaired) electrons. The van der Waals surface area contributed by atoms with E-state index in [1.165, 1.54) is 0 Å². The topological polar surface area (TPSA) is 73.7 Å². The van der Waals surface area contributed by atoms with Crippen LogP contribution in [-0.2, 0) is 4.79 Å². The first-order valence-electron chi connectivity index (χ1n) is 5.72. The van der Waals surface area contributed by atoms with Crippen molar-refractivity contribution in [1.29, 1.82) is 0 Å². The van der Waals surface area contributed by atoms with Crippen LogP contribution in [0.1, 0.15) is 12.0 Å². The first-order valence-corrected chi connectivity index (χ1v) is 5.72. The van der Waals surface area contributed by atoms with E-state index in [9.17, 15) is 4.79 Å². The van der Waals surface area contributed by atoms with Crippen molar-refractivity contribution in [2.45, 2.75) is 6.42 Å². The van der Waals surface area contributed by atoms with Gasteiger partial charge in [-0.25, -0.2) is 4.79 Å². The Balaban J connectivity index is 0.000000200. The second kappa shape index (κ2) is 8.39. The number of carboxylic acids is 1. The third-order valence-corrected chi connectivity index (χ3v) is 2.21. The highest BCUT2D eigenvalue weighted by Crippen LogP contribution is 1.99. The molecule has 0 spiro atoms. The highest BCUT2D eigenvalue weighted by Gasteiger charge is 1.99. The third kappa shape index (κ3) is 6.56. The van der Waals surface area contributed by atoms with Gasteiger partial charge in [-0.05, 0) is 11.6 Å². The molecular formula is C15H14N2O2. The number of nitrogens with zero attached hydrogens (tertiary/aromatic N) is 2. The van der Waals surface area contributed by atoms with Gasteiger partial charge in [-0.2, -0.15) is 4.79 Å². The predicted molar refractivity (Wildman–Crippen MR) is 74.6 cm³/mol. The van der Waals surface area contributed by atoms with Crippen LogP contribution in [0.15, 0.2) is 60.7 Å². The van der Waals surface area contributed by atoms with Gasteiger partial charge < -0.3 is 10.6 Å². The molecule has 1 N–H and O–H groups in total. The van der Waals surface area contributed by atoms with E-state index in [0.717, 1.165) is 18.1 Å². The first kappa shape index (κ1) is 14.4. The number of aliphatic carboxylic acids is 1. The van der Waals surface area contributed by atoms with E-state index < -0.39 is 5.97 Å². The molecule has 1 aromatic rings. The molecule has 19 heavy (non-hydrogen) atoms. The van der Waals surface area contributed by atoms with Crippen molar-refractivity contribution in [2.24, 2.45) is 0 Å². The quantitative estimate of drug-likeness (QED) is 0.500. The molecule has 4 nitrogen and oxygen atoms in total. The minimum Gasteiger partial charge on any atom is -0.478 e. The van der Waals surface area contributed by atoms with Gasteiger partial charge in [-0.1, -0.05) is 48.6 Å². The van der Waals surface area contributed by atoms with Crippen LogP contribution in [-0.4, -0.2) is 21.6 Å². The van der Waals surface area contributed by atoms with E-state index in [1.54, 1.807) is 12.2 Å². The maximum atomic E-state index is 10.1. The van der Waals surface area contributed by atoms with Gasteiger partial charge in [0, 0.05) is 12.2 Å². The average molecular weight is 254 g/mol. The summed E-state index contributed by atoms with van der Waals surface area (Å²) in [6, 6.07) is 9.31. The fourth-order valence-electron chi connectivity index (χ4n) is 1.31. The molecule has 0 saturated carbocycles. The van der Waals surface area contributed by atoms with E-state index >= 15 is 0 Å². The zero-order chi connectivity index (χ0) is 13.9. The number of benzene rings is 1. The van der Waals surface area contributed by atoms with Crippen molar-refractivity contribution >= 4 is 17.8 Å². The van der Waals surface area contributed by atoms with Crippen molar-refractivity contribution in [3.63, 3.8) is 0 Å². The van der Waals surface area contributed by atoms with Gasteiger partial charge in [0.2, 0.25) is 0 Å². The molecule has 0 heterocycles. The Kier molecular flexibility index (Phi) is 6.34. The van der Waals surface area contributed by atoms with Gasteiger partial charge in [-0.15, -0.1) is 0 Å². The largest absolute Gasteiger partial charge is 0.478 e. The van der Waals surface area contributed by atoms with Gasteiger partial charge in [-0.3, -0.25) is 0 Å². The molecule has 0 atom stereocenters. The lowest BCUT2D eigenvalue weighted by Crippen LogP contribution is -1.93.